The molecule has 1 heterocycles. The van der Waals surface area contributed by atoms with Crippen LogP contribution in [0.15, 0.2) is 0 Å². The van der Waals surface area contributed by atoms with Gasteiger partial charge in [-0.15, -0.1) is 0 Å². The molecule has 1 aliphatic rings. The van der Waals surface area contributed by atoms with Crippen LogP contribution in [0.25, 0.3) is 0 Å². The van der Waals surface area contributed by atoms with E-state index in [2.05, 4.69) is 0 Å². The largest absolute Gasteiger partial charge is 0.481 e. The lowest BCUT2D eigenvalue weighted by atomic mass is 9.93. The molecule has 1 N–H and O–H groups in total. The zero-order chi connectivity index (χ0) is 9.84. The maximum Gasteiger partial charge on any atom is 0.303 e. The van der Waals surface area contributed by atoms with Gasteiger partial charge >= 0.3 is 5.97 Å². The van der Waals surface area contributed by atoms with Crippen LogP contribution in [0.2, 0.25) is 0 Å². The lowest BCUT2D eigenvalue weighted by Gasteiger charge is -2.29. The molecule has 0 aromatic carbocycles. The Bertz CT molecular complexity index is 215. The highest BCUT2D eigenvalue weighted by atomic mass is 16.4. The number of likely N-dealkylation sites (tertiary alicyclic amines) is 1. The number of amides is 1. The first-order valence-corrected chi connectivity index (χ1v) is 4.55. The third-order valence-corrected chi connectivity index (χ3v) is 2.49. The van der Waals surface area contributed by atoms with Gasteiger partial charge in [-0.05, 0) is 18.8 Å². The first-order valence-electron chi connectivity index (χ1n) is 4.55. The predicted octanol–water partition coefficient (Wildman–Crippen LogP) is 0.720. The zero-order valence-electron chi connectivity index (χ0n) is 7.82. The number of hydrogen-bond acceptors (Lipinski definition) is 2. The molecule has 0 bridgehead atoms. The molecule has 74 valence electrons. The molecule has 0 aliphatic carbocycles. The molecule has 1 amide bonds. The SMILES string of the molecule is CN1CC(CCC(=O)O)CCC1=O. The number of carbonyl (C=O) groups is 2. The van der Waals surface area contributed by atoms with Gasteiger partial charge in [-0.25, -0.2) is 0 Å². The molecular formula is C9H15NO3. The predicted molar refractivity (Wildman–Crippen MR) is 47.2 cm³/mol. The molecule has 1 atom stereocenters. The molecule has 1 aliphatic heterocycles. The molecule has 0 spiro atoms. The molecule has 1 saturated heterocycles. The van der Waals surface area contributed by atoms with E-state index in [1.807, 2.05) is 0 Å². The van der Waals surface area contributed by atoms with Crippen molar-refractivity contribution < 1.29 is 14.7 Å². The van der Waals surface area contributed by atoms with Gasteiger partial charge in [0.15, 0.2) is 0 Å². The normalized spacial score (nSPS) is 23.3. The quantitative estimate of drug-likeness (QED) is 0.704. The molecule has 13 heavy (non-hydrogen) atoms. The van der Waals surface area contributed by atoms with Gasteiger partial charge in [-0.2, -0.15) is 0 Å². The minimum absolute atomic E-state index is 0.173. The van der Waals surface area contributed by atoms with Crippen molar-refractivity contribution in [1.82, 2.24) is 4.90 Å². The molecule has 0 radical (unpaired) electrons. The molecule has 0 aromatic rings. The van der Waals surface area contributed by atoms with Crippen LogP contribution in [0, 0.1) is 5.92 Å². The molecule has 1 rings (SSSR count). The molecule has 4 heteroatoms. The van der Waals surface area contributed by atoms with Crippen molar-refractivity contribution in [2.75, 3.05) is 13.6 Å². The van der Waals surface area contributed by atoms with Crippen LogP contribution in [0.3, 0.4) is 0 Å². The summed E-state index contributed by atoms with van der Waals surface area (Å²) in [5.41, 5.74) is 0. The van der Waals surface area contributed by atoms with Crippen molar-refractivity contribution in [2.45, 2.75) is 25.7 Å². The standard InChI is InChI=1S/C9H15NO3/c1-10-6-7(2-4-8(10)11)3-5-9(12)13/h7H,2-6H2,1H3,(H,12,13). The maximum atomic E-state index is 11.1. The van der Waals surface area contributed by atoms with E-state index >= 15 is 0 Å². The Hall–Kier alpha value is -1.06. The fourth-order valence-corrected chi connectivity index (χ4v) is 1.66. The summed E-state index contributed by atoms with van der Waals surface area (Å²) < 4.78 is 0. The number of nitrogens with zero attached hydrogens (tertiary/aromatic N) is 1. The van der Waals surface area contributed by atoms with Gasteiger partial charge < -0.3 is 10.0 Å². The Morgan fingerprint density at radius 1 is 1.69 bits per heavy atom. The van der Waals surface area contributed by atoms with Gasteiger partial charge in [0.05, 0.1) is 0 Å². The number of rotatable bonds is 3. The number of carboxylic acid groups (broad SMARTS) is 1. The molecule has 0 aromatic heterocycles. The second-order valence-electron chi connectivity index (χ2n) is 3.61. The topological polar surface area (TPSA) is 57.6 Å². The zero-order valence-corrected chi connectivity index (χ0v) is 7.82. The van der Waals surface area contributed by atoms with E-state index in [0.717, 1.165) is 6.42 Å². The van der Waals surface area contributed by atoms with Gasteiger partial charge in [0, 0.05) is 26.4 Å². The van der Waals surface area contributed by atoms with Gasteiger partial charge in [0.25, 0.3) is 0 Å². The minimum Gasteiger partial charge on any atom is -0.481 e. The number of piperidine rings is 1. The van der Waals surface area contributed by atoms with E-state index in [0.29, 0.717) is 25.3 Å². The number of aliphatic carboxylic acids is 1. The van der Waals surface area contributed by atoms with Crippen molar-refractivity contribution in [3.63, 3.8) is 0 Å². The molecule has 1 unspecified atom stereocenters. The number of hydrogen-bond donors (Lipinski definition) is 1. The van der Waals surface area contributed by atoms with E-state index in [9.17, 15) is 9.59 Å². The first kappa shape index (κ1) is 10.0. The fourth-order valence-electron chi connectivity index (χ4n) is 1.66. The average molecular weight is 185 g/mol. The second kappa shape index (κ2) is 4.25. The molecule has 4 nitrogen and oxygen atoms in total. The first-order chi connectivity index (χ1) is 6.09. The Morgan fingerprint density at radius 2 is 2.38 bits per heavy atom. The summed E-state index contributed by atoms with van der Waals surface area (Å²) in [4.78, 5) is 23.1. The van der Waals surface area contributed by atoms with Crippen LogP contribution >= 0.6 is 0 Å². The van der Waals surface area contributed by atoms with Gasteiger partial charge in [-0.1, -0.05) is 0 Å². The van der Waals surface area contributed by atoms with E-state index in [4.69, 9.17) is 5.11 Å². The van der Waals surface area contributed by atoms with Crippen LogP contribution in [0.5, 0.6) is 0 Å². The highest BCUT2D eigenvalue weighted by Gasteiger charge is 2.22. The molecular weight excluding hydrogens is 170 g/mol. The summed E-state index contributed by atoms with van der Waals surface area (Å²) in [6.45, 7) is 0.714. The lowest BCUT2D eigenvalue weighted by molar-refractivity contribution is -0.137. The molecule has 1 fully saturated rings. The fraction of sp³-hybridized carbons (Fsp3) is 0.778. The minimum atomic E-state index is -0.750. The third kappa shape index (κ3) is 3.05. The summed E-state index contributed by atoms with van der Waals surface area (Å²) in [5, 5.41) is 8.48. The summed E-state index contributed by atoms with van der Waals surface area (Å²) in [6, 6.07) is 0. The van der Waals surface area contributed by atoms with Gasteiger partial charge in [-0.3, -0.25) is 9.59 Å². The summed E-state index contributed by atoms with van der Waals surface area (Å²) in [5.74, 6) is -0.204. The van der Waals surface area contributed by atoms with Crippen molar-refractivity contribution in [2.24, 2.45) is 5.92 Å². The Balaban J connectivity index is 2.29. The van der Waals surface area contributed by atoms with E-state index in [-0.39, 0.29) is 12.3 Å². The summed E-state index contributed by atoms with van der Waals surface area (Å²) >= 11 is 0. The smallest absolute Gasteiger partial charge is 0.303 e. The number of carboxylic acids is 1. The van der Waals surface area contributed by atoms with Crippen molar-refractivity contribution in [3.8, 4) is 0 Å². The summed E-state index contributed by atoms with van der Waals surface area (Å²) in [7, 11) is 1.77. The van der Waals surface area contributed by atoms with Crippen LogP contribution in [0.4, 0.5) is 0 Å². The molecule has 0 saturated carbocycles. The maximum absolute atomic E-state index is 11.1. The lowest BCUT2D eigenvalue weighted by Crippen LogP contribution is -2.36. The van der Waals surface area contributed by atoms with Crippen LogP contribution in [0.1, 0.15) is 25.7 Å². The van der Waals surface area contributed by atoms with Crippen LogP contribution in [-0.2, 0) is 9.59 Å². The van der Waals surface area contributed by atoms with Gasteiger partial charge in [0.2, 0.25) is 5.91 Å². The number of carbonyl (C=O) groups excluding carboxylic acids is 1. The van der Waals surface area contributed by atoms with E-state index in [1.54, 1.807) is 11.9 Å². The average Bonchev–Trinajstić information content (AvgIpc) is 2.07. The van der Waals surface area contributed by atoms with Crippen LogP contribution in [-0.4, -0.2) is 35.5 Å². The Kier molecular flexibility index (Phi) is 3.28. The van der Waals surface area contributed by atoms with Gasteiger partial charge in [0.1, 0.15) is 0 Å². The van der Waals surface area contributed by atoms with Crippen LogP contribution < -0.4 is 0 Å². The second-order valence-corrected chi connectivity index (χ2v) is 3.61. The van der Waals surface area contributed by atoms with Crippen molar-refractivity contribution in [3.05, 3.63) is 0 Å². The van der Waals surface area contributed by atoms with E-state index < -0.39 is 5.97 Å². The monoisotopic (exact) mass is 185 g/mol. The third-order valence-electron chi connectivity index (χ3n) is 2.49. The van der Waals surface area contributed by atoms with E-state index in [1.165, 1.54) is 0 Å². The Labute approximate surface area is 77.5 Å². The highest BCUT2D eigenvalue weighted by Crippen LogP contribution is 2.20. The van der Waals surface area contributed by atoms with Crippen molar-refractivity contribution in [1.29, 1.82) is 0 Å². The summed E-state index contributed by atoms with van der Waals surface area (Å²) in [6.07, 6.45) is 2.32. The Morgan fingerprint density at radius 3 is 2.92 bits per heavy atom. The highest BCUT2D eigenvalue weighted by molar-refractivity contribution is 5.76. The van der Waals surface area contributed by atoms with Crippen molar-refractivity contribution >= 4 is 11.9 Å².